The molecule has 0 aromatic heterocycles. The van der Waals surface area contributed by atoms with Gasteiger partial charge in [0.2, 0.25) is 0 Å². The molecule has 0 bridgehead atoms. The van der Waals surface area contributed by atoms with E-state index >= 15 is 0 Å². The van der Waals surface area contributed by atoms with Crippen LogP contribution in [0, 0.1) is 5.92 Å². The van der Waals surface area contributed by atoms with Gasteiger partial charge in [-0.25, -0.2) is 0 Å². The van der Waals surface area contributed by atoms with Crippen molar-refractivity contribution in [1.82, 2.24) is 0 Å². The van der Waals surface area contributed by atoms with Gasteiger partial charge in [-0.2, -0.15) is 13.2 Å². The normalized spacial score (nSPS) is 18.8. The van der Waals surface area contributed by atoms with Gasteiger partial charge in [0.1, 0.15) is 0 Å². The SMILES string of the molecule is N[C@H](c1ccccc1SC(F)(F)F)C1CCC1. The molecule has 2 N–H and O–H groups in total. The standard InChI is InChI=1S/C12H14F3NS/c13-12(14,15)17-10-7-2-1-6-9(10)11(16)8-4-3-5-8/h1-2,6-8,11H,3-5,16H2/t11-/m0/s1. The molecule has 0 amide bonds. The number of hydrogen-bond donors (Lipinski definition) is 1. The summed E-state index contributed by atoms with van der Waals surface area (Å²) in [5.74, 6) is 0.338. The summed E-state index contributed by atoms with van der Waals surface area (Å²) in [5, 5.41) is 0. The van der Waals surface area contributed by atoms with Crippen LogP contribution >= 0.6 is 11.8 Å². The zero-order chi connectivity index (χ0) is 12.5. The van der Waals surface area contributed by atoms with E-state index in [0.717, 1.165) is 19.3 Å². The number of hydrogen-bond acceptors (Lipinski definition) is 2. The molecule has 1 aromatic carbocycles. The van der Waals surface area contributed by atoms with Crippen molar-refractivity contribution in [2.45, 2.75) is 35.7 Å². The second kappa shape index (κ2) is 4.90. The van der Waals surface area contributed by atoms with Crippen LogP contribution in [-0.2, 0) is 0 Å². The Hall–Kier alpha value is -0.680. The first-order valence-electron chi connectivity index (χ1n) is 5.57. The summed E-state index contributed by atoms with van der Waals surface area (Å²) >= 11 is -0.0723. The lowest BCUT2D eigenvalue weighted by Gasteiger charge is -2.32. The number of rotatable bonds is 3. The maximum absolute atomic E-state index is 12.4. The van der Waals surface area contributed by atoms with E-state index in [1.165, 1.54) is 6.07 Å². The first-order valence-corrected chi connectivity index (χ1v) is 6.39. The summed E-state index contributed by atoms with van der Waals surface area (Å²) in [7, 11) is 0. The quantitative estimate of drug-likeness (QED) is 0.829. The lowest BCUT2D eigenvalue weighted by atomic mass is 9.77. The zero-order valence-electron chi connectivity index (χ0n) is 9.20. The second-order valence-electron chi connectivity index (χ2n) is 4.30. The fourth-order valence-electron chi connectivity index (χ4n) is 2.03. The van der Waals surface area contributed by atoms with Crippen molar-refractivity contribution in [3.8, 4) is 0 Å². The summed E-state index contributed by atoms with van der Waals surface area (Å²) in [6.45, 7) is 0. The van der Waals surface area contributed by atoms with E-state index in [0.29, 0.717) is 11.5 Å². The minimum Gasteiger partial charge on any atom is -0.324 e. The van der Waals surface area contributed by atoms with E-state index in [9.17, 15) is 13.2 Å². The Morgan fingerprint density at radius 3 is 2.41 bits per heavy atom. The van der Waals surface area contributed by atoms with Crippen molar-refractivity contribution in [2.75, 3.05) is 0 Å². The van der Waals surface area contributed by atoms with Crippen LogP contribution in [0.1, 0.15) is 30.9 Å². The highest BCUT2D eigenvalue weighted by Crippen LogP contribution is 2.43. The van der Waals surface area contributed by atoms with Crippen LogP contribution < -0.4 is 5.73 Å². The molecule has 5 heteroatoms. The summed E-state index contributed by atoms with van der Waals surface area (Å²) in [4.78, 5) is 0.236. The Bertz CT molecular complexity index is 388. The van der Waals surface area contributed by atoms with Crippen molar-refractivity contribution in [3.63, 3.8) is 0 Å². The molecule has 1 aliphatic carbocycles. The molecular formula is C12H14F3NS. The van der Waals surface area contributed by atoms with Gasteiger partial charge in [0.05, 0.1) is 0 Å². The zero-order valence-corrected chi connectivity index (χ0v) is 10.0. The van der Waals surface area contributed by atoms with Crippen LogP contribution in [0.2, 0.25) is 0 Å². The van der Waals surface area contributed by atoms with Crippen molar-refractivity contribution in [2.24, 2.45) is 11.7 Å². The van der Waals surface area contributed by atoms with Crippen LogP contribution in [-0.4, -0.2) is 5.51 Å². The Labute approximate surface area is 103 Å². The molecule has 0 radical (unpaired) electrons. The van der Waals surface area contributed by atoms with Crippen molar-refractivity contribution < 1.29 is 13.2 Å². The number of thioether (sulfide) groups is 1. The highest BCUT2D eigenvalue weighted by molar-refractivity contribution is 8.00. The first kappa shape index (κ1) is 12.8. The largest absolute Gasteiger partial charge is 0.446 e. The molecule has 1 aromatic rings. The Kier molecular flexibility index (Phi) is 3.68. The molecule has 0 heterocycles. The van der Waals surface area contributed by atoms with Gasteiger partial charge in [0, 0.05) is 10.9 Å². The third-order valence-corrected chi connectivity index (χ3v) is 3.98. The third-order valence-electron chi connectivity index (χ3n) is 3.16. The lowest BCUT2D eigenvalue weighted by molar-refractivity contribution is -0.0328. The van der Waals surface area contributed by atoms with Crippen LogP contribution in [0.15, 0.2) is 29.2 Å². The Morgan fingerprint density at radius 1 is 1.24 bits per heavy atom. The molecule has 0 unspecified atom stereocenters. The molecule has 1 nitrogen and oxygen atoms in total. The van der Waals surface area contributed by atoms with Gasteiger partial charge in [-0.3, -0.25) is 0 Å². The van der Waals surface area contributed by atoms with Crippen molar-refractivity contribution in [3.05, 3.63) is 29.8 Å². The Balaban J connectivity index is 2.20. The van der Waals surface area contributed by atoms with E-state index in [4.69, 9.17) is 5.73 Å². The number of halogens is 3. The maximum Gasteiger partial charge on any atom is 0.446 e. The fourth-order valence-corrected chi connectivity index (χ4v) is 2.74. The van der Waals surface area contributed by atoms with Gasteiger partial charge < -0.3 is 5.73 Å². The maximum atomic E-state index is 12.4. The number of alkyl halides is 3. The second-order valence-corrected chi connectivity index (χ2v) is 5.41. The van der Waals surface area contributed by atoms with Crippen molar-refractivity contribution in [1.29, 1.82) is 0 Å². The van der Waals surface area contributed by atoms with Gasteiger partial charge in [-0.05, 0) is 42.2 Å². The molecule has 0 aliphatic heterocycles. The molecule has 0 saturated heterocycles. The van der Waals surface area contributed by atoms with Crippen LogP contribution in [0.5, 0.6) is 0 Å². The van der Waals surface area contributed by atoms with E-state index in [-0.39, 0.29) is 22.7 Å². The van der Waals surface area contributed by atoms with Crippen molar-refractivity contribution >= 4 is 11.8 Å². The summed E-state index contributed by atoms with van der Waals surface area (Å²) in [5.41, 5.74) is 2.41. The van der Waals surface area contributed by atoms with Gasteiger partial charge in [-0.1, -0.05) is 24.6 Å². The topological polar surface area (TPSA) is 26.0 Å². The fraction of sp³-hybridized carbons (Fsp3) is 0.500. The van der Waals surface area contributed by atoms with E-state index < -0.39 is 5.51 Å². The predicted octanol–water partition coefficient (Wildman–Crippen LogP) is 4.10. The molecule has 1 aliphatic rings. The molecule has 1 saturated carbocycles. The third kappa shape index (κ3) is 3.16. The summed E-state index contributed by atoms with van der Waals surface area (Å²) < 4.78 is 37.2. The minimum atomic E-state index is -4.25. The average Bonchev–Trinajstić information content (AvgIpc) is 2.13. The monoisotopic (exact) mass is 261 g/mol. The molecular weight excluding hydrogens is 247 g/mol. The molecule has 1 fully saturated rings. The average molecular weight is 261 g/mol. The number of benzene rings is 1. The minimum absolute atomic E-state index is 0.0723. The lowest BCUT2D eigenvalue weighted by Crippen LogP contribution is -2.27. The number of nitrogens with two attached hydrogens (primary N) is 1. The Morgan fingerprint density at radius 2 is 1.88 bits per heavy atom. The highest BCUT2D eigenvalue weighted by atomic mass is 32.2. The summed E-state index contributed by atoms with van der Waals surface area (Å²) in [6.07, 6.45) is 3.17. The molecule has 94 valence electrons. The van der Waals surface area contributed by atoms with Gasteiger partial charge in [0.25, 0.3) is 0 Å². The van der Waals surface area contributed by atoms with Gasteiger partial charge >= 0.3 is 5.51 Å². The van der Waals surface area contributed by atoms with E-state index in [2.05, 4.69) is 0 Å². The first-order chi connectivity index (χ1) is 7.97. The van der Waals surface area contributed by atoms with E-state index in [1.54, 1.807) is 18.2 Å². The molecule has 2 rings (SSSR count). The smallest absolute Gasteiger partial charge is 0.324 e. The van der Waals surface area contributed by atoms with Crippen LogP contribution in [0.25, 0.3) is 0 Å². The van der Waals surface area contributed by atoms with Gasteiger partial charge in [-0.15, -0.1) is 0 Å². The van der Waals surface area contributed by atoms with Crippen LogP contribution in [0.4, 0.5) is 13.2 Å². The van der Waals surface area contributed by atoms with Crippen LogP contribution in [0.3, 0.4) is 0 Å². The molecule has 0 spiro atoms. The predicted molar refractivity (Wildman–Crippen MR) is 62.6 cm³/mol. The summed E-state index contributed by atoms with van der Waals surface area (Å²) in [6, 6.07) is 6.29. The highest BCUT2D eigenvalue weighted by Gasteiger charge is 2.33. The van der Waals surface area contributed by atoms with E-state index in [1.807, 2.05) is 0 Å². The van der Waals surface area contributed by atoms with Gasteiger partial charge in [0.15, 0.2) is 0 Å². The molecule has 17 heavy (non-hydrogen) atoms. The molecule has 1 atom stereocenters.